The predicted molar refractivity (Wildman–Crippen MR) is 130 cm³/mol. The first-order valence-corrected chi connectivity index (χ1v) is 14.2. The first-order chi connectivity index (χ1) is 16.4. The van der Waals surface area contributed by atoms with E-state index in [4.69, 9.17) is 4.74 Å². The lowest BCUT2D eigenvalue weighted by atomic mass is 9.41. The highest BCUT2D eigenvalue weighted by Crippen LogP contribution is 2.84. The van der Waals surface area contributed by atoms with Gasteiger partial charge in [0.15, 0.2) is 0 Å². The van der Waals surface area contributed by atoms with Crippen LogP contribution in [0.5, 0.6) is 0 Å². The Morgan fingerprint density at radius 2 is 1.97 bits per heavy atom. The topological polar surface area (TPSA) is 66.8 Å². The average Bonchev–Trinajstić information content (AvgIpc) is 3.62. The first kappa shape index (κ1) is 23.2. The lowest BCUT2D eigenvalue weighted by molar-refractivity contribution is -0.197. The standard InChI is InChI=1S/C29H43NO4/c1-4-19-7-9-23-22(19)15-28(25-10-8-21(34-25)16-30-11-5-6-12-30)20-13-24(18(2)3)29(28,26(32)33)27(23,14-20)17-31/h13,17-23,25H,4-12,14-16H2,1-3H3,(H,32,33)/t19-,20?,21?,22-,23-,25?,27?,28?,29?/m1/s1. The van der Waals surface area contributed by atoms with Crippen molar-refractivity contribution in [3.63, 3.8) is 0 Å². The third-order valence-corrected chi connectivity index (χ3v) is 11.7. The molecule has 188 valence electrons. The van der Waals surface area contributed by atoms with Crippen molar-refractivity contribution >= 4 is 12.3 Å². The Hall–Kier alpha value is -1.20. The van der Waals surface area contributed by atoms with Crippen molar-refractivity contribution in [2.75, 3.05) is 19.6 Å². The van der Waals surface area contributed by atoms with Gasteiger partial charge in [-0.15, -0.1) is 0 Å². The number of hydrogen-bond donors (Lipinski definition) is 1. The highest BCUT2D eigenvalue weighted by atomic mass is 16.5. The van der Waals surface area contributed by atoms with Crippen LogP contribution in [-0.2, 0) is 14.3 Å². The second-order valence-corrected chi connectivity index (χ2v) is 12.9. The third-order valence-electron chi connectivity index (χ3n) is 11.7. The fourth-order valence-corrected chi connectivity index (χ4v) is 10.7. The van der Waals surface area contributed by atoms with E-state index >= 15 is 0 Å². The van der Waals surface area contributed by atoms with Crippen LogP contribution < -0.4 is 0 Å². The fourth-order valence-electron chi connectivity index (χ4n) is 10.7. The summed E-state index contributed by atoms with van der Waals surface area (Å²) in [6, 6.07) is 0. The number of likely N-dealkylation sites (tertiary alicyclic amines) is 1. The van der Waals surface area contributed by atoms with Crippen LogP contribution in [0.15, 0.2) is 11.6 Å². The Morgan fingerprint density at radius 1 is 1.21 bits per heavy atom. The summed E-state index contributed by atoms with van der Waals surface area (Å²) in [6.07, 6.45) is 13.0. The minimum absolute atomic E-state index is 0.0606. The summed E-state index contributed by atoms with van der Waals surface area (Å²) in [7, 11) is 0. The number of hydrogen-bond acceptors (Lipinski definition) is 4. The number of aldehydes is 1. The van der Waals surface area contributed by atoms with Gasteiger partial charge in [0.1, 0.15) is 11.7 Å². The molecular formula is C29H43NO4. The van der Waals surface area contributed by atoms with Crippen molar-refractivity contribution in [2.45, 2.75) is 90.8 Å². The molecule has 34 heavy (non-hydrogen) atoms. The van der Waals surface area contributed by atoms with Gasteiger partial charge in [-0.3, -0.25) is 4.79 Å². The second kappa shape index (κ2) is 7.90. The lowest BCUT2D eigenvalue weighted by Gasteiger charge is -2.60. The zero-order valence-electron chi connectivity index (χ0n) is 21.3. The summed E-state index contributed by atoms with van der Waals surface area (Å²) in [5, 5.41) is 11.2. The van der Waals surface area contributed by atoms with Crippen LogP contribution in [0, 0.1) is 45.8 Å². The Labute approximate surface area is 204 Å². The van der Waals surface area contributed by atoms with Crippen LogP contribution in [0.2, 0.25) is 0 Å². The molecule has 0 aromatic carbocycles. The zero-order valence-corrected chi connectivity index (χ0v) is 21.3. The number of carbonyl (C=O) groups excluding carboxylic acids is 1. The van der Waals surface area contributed by atoms with Crippen molar-refractivity contribution in [1.82, 2.24) is 4.90 Å². The molecule has 5 nitrogen and oxygen atoms in total. The van der Waals surface area contributed by atoms with Gasteiger partial charge in [-0.2, -0.15) is 0 Å². The molecular weight excluding hydrogens is 426 g/mol. The van der Waals surface area contributed by atoms with E-state index in [9.17, 15) is 14.7 Å². The van der Waals surface area contributed by atoms with Crippen molar-refractivity contribution in [1.29, 1.82) is 0 Å². The third kappa shape index (κ3) is 2.59. The molecule has 5 fully saturated rings. The van der Waals surface area contributed by atoms with Gasteiger partial charge in [0.2, 0.25) is 0 Å². The minimum atomic E-state index is -1.10. The maximum absolute atomic E-state index is 13.7. The summed E-state index contributed by atoms with van der Waals surface area (Å²) in [4.78, 5) is 29.5. The number of carbonyl (C=O) groups is 2. The van der Waals surface area contributed by atoms with E-state index in [1.165, 1.54) is 12.8 Å². The smallest absolute Gasteiger partial charge is 0.315 e. The number of ether oxygens (including phenoxy) is 1. The van der Waals surface area contributed by atoms with E-state index in [2.05, 4.69) is 31.7 Å². The van der Waals surface area contributed by atoms with Gasteiger partial charge >= 0.3 is 5.97 Å². The molecule has 2 saturated heterocycles. The molecule has 4 aliphatic carbocycles. The normalized spacial score (nSPS) is 49.6. The van der Waals surface area contributed by atoms with Gasteiger partial charge in [-0.25, -0.2) is 0 Å². The van der Waals surface area contributed by atoms with Crippen LogP contribution in [-0.4, -0.2) is 54.1 Å². The van der Waals surface area contributed by atoms with Gasteiger partial charge in [0.05, 0.1) is 17.6 Å². The predicted octanol–water partition coefficient (Wildman–Crippen LogP) is 4.94. The molecule has 1 N–H and O–H groups in total. The Morgan fingerprint density at radius 3 is 2.62 bits per heavy atom. The first-order valence-electron chi connectivity index (χ1n) is 14.2. The molecule has 3 saturated carbocycles. The van der Waals surface area contributed by atoms with E-state index in [1.807, 2.05) is 0 Å². The van der Waals surface area contributed by atoms with E-state index in [1.54, 1.807) is 0 Å². The molecule has 6 aliphatic rings. The minimum Gasteiger partial charge on any atom is -0.481 e. The highest BCUT2D eigenvalue weighted by Gasteiger charge is 2.86. The largest absolute Gasteiger partial charge is 0.481 e. The lowest BCUT2D eigenvalue weighted by Crippen LogP contribution is -2.65. The molecule has 0 aromatic heterocycles. The monoisotopic (exact) mass is 469 g/mol. The Bertz CT molecular complexity index is 893. The van der Waals surface area contributed by atoms with Crippen molar-refractivity contribution in [3.8, 4) is 0 Å². The van der Waals surface area contributed by atoms with E-state index in [-0.39, 0.29) is 30.0 Å². The number of carboxylic acids is 1. The van der Waals surface area contributed by atoms with Crippen molar-refractivity contribution in [2.24, 2.45) is 45.8 Å². The Balaban J connectivity index is 1.46. The number of nitrogens with zero attached hydrogens (tertiary/aromatic N) is 1. The van der Waals surface area contributed by atoms with Crippen LogP contribution in [0.4, 0.5) is 0 Å². The number of carboxylic acid groups (broad SMARTS) is 1. The molecule has 0 aromatic rings. The van der Waals surface area contributed by atoms with E-state index in [0.717, 1.165) is 70.0 Å². The summed E-state index contributed by atoms with van der Waals surface area (Å²) >= 11 is 0. The highest BCUT2D eigenvalue weighted by molar-refractivity contribution is 5.90. The van der Waals surface area contributed by atoms with Crippen LogP contribution in [0.25, 0.3) is 0 Å². The second-order valence-electron chi connectivity index (χ2n) is 12.9. The number of rotatable bonds is 7. The van der Waals surface area contributed by atoms with Crippen LogP contribution in [0.3, 0.4) is 0 Å². The fraction of sp³-hybridized carbons (Fsp3) is 0.862. The van der Waals surface area contributed by atoms with Gasteiger partial charge in [-0.05, 0) is 94.0 Å². The van der Waals surface area contributed by atoms with Crippen molar-refractivity contribution < 1.29 is 19.4 Å². The molecule has 2 aliphatic heterocycles. The van der Waals surface area contributed by atoms with Crippen LogP contribution in [0.1, 0.15) is 78.6 Å². The van der Waals surface area contributed by atoms with Gasteiger partial charge in [0.25, 0.3) is 0 Å². The molecule has 0 radical (unpaired) electrons. The van der Waals surface area contributed by atoms with Gasteiger partial charge in [-0.1, -0.05) is 38.8 Å². The summed E-state index contributed by atoms with van der Waals surface area (Å²) in [5.41, 5.74) is -1.31. The maximum atomic E-state index is 13.7. The maximum Gasteiger partial charge on any atom is 0.315 e. The molecule has 6 unspecified atom stereocenters. The number of fused-ring (bicyclic) bond motifs is 2. The quantitative estimate of drug-likeness (QED) is 0.422. The van der Waals surface area contributed by atoms with E-state index in [0.29, 0.717) is 18.3 Å². The molecule has 0 spiro atoms. The molecule has 5 heteroatoms. The molecule has 4 bridgehead atoms. The SMILES string of the molecule is CC[C@@H]1CC[C@@H]2[C@@H]1CC1(C3CCC(CN4CCCC4)O3)C3C=C(C(C)C)C1(C(=O)O)C2(C=O)C3. The number of allylic oxidation sites excluding steroid dienone is 1. The summed E-state index contributed by atoms with van der Waals surface area (Å²) < 4.78 is 6.92. The van der Waals surface area contributed by atoms with Crippen molar-refractivity contribution in [3.05, 3.63) is 11.6 Å². The van der Waals surface area contributed by atoms with Crippen LogP contribution >= 0.6 is 0 Å². The molecule has 9 atom stereocenters. The summed E-state index contributed by atoms with van der Waals surface area (Å²) in [6.45, 7) is 9.84. The van der Waals surface area contributed by atoms with Gasteiger partial charge in [0, 0.05) is 12.0 Å². The summed E-state index contributed by atoms with van der Waals surface area (Å²) in [5.74, 6) is 0.787. The molecule has 2 heterocycles. The average molecular weight is 470 g/mol. The molecule has 6 rings (SSSR count). The zero-order chi connectivity index (χ0) is 23.9. The van der Waals surface area contributed by atoms with E-state index < -0.39 is 22.2 Å². The van der Waals surface area contributed by atoms with Gasteiger partial charge < -0.3 is 19.5 Å². The molecule has 0 amide bonds. The Kier molecular flexibility index (Phi) is 5.39. The number of aliphatic carboxylic acids is 1.